The highest BCUT2D eigenvalue weighted by atomic mass is 16.3. The normalized spacial score (nSPS) is 16.4. The van der Waals surface area contributed by atoms with Gasteiger partial charge in [-0.2, -0.15) is 0 Å². The second-order valence-corrected chi connectivity index (χ2v) is 6.39. The van der Waals surface area contributed by atoms with Gasteiger partial charge in [-0.1, -0.05) is 24.3 Å². The van der Waals surface area contributed by atoms with Gasteiger partial charge in [0.05, 0.1) is 17.8 Å². The van der Waals surface area contributed by atoms with E-state index in [1.165, 1.54) is 0 Å². The largest absolute Gasteiger partial charge is 0.469 e. The first-order chi connectivity index (χ1) is 12.3. The molecule has 2 amide bonds. The van der Waals surface area contributed by atoms with E-state index in [1.54, 1.807) is 12.5 Å². The number of pyridine rings is 1. The quantitative estimate of drug-likeness (QED) is 0.763. The first-order valence-corrected chi connectivity index (χ1v) is 8.74. The third kappa shape index (κ3) is 3.36. The molecule has 4 rings (SSSR count). The Labute approximate surface area is 146 Å². The van der Waals surface area contributed by atoms with E-state index in [2.05, 4.69) is 33.8 Å². The Morgan fingerprint density at radius 2 is 2.16 bits per heavy atom. The molecule has 0 bridgehead atoms. The van der Waals surface area contributed by atoms with Crippen LogP contribution in [0.25, 0.3) is 10.9 Å². The molecule has 128 valence electrons. The van der Waals surface area contributed by atoms with Crippen molar-refractivity contribution in [2.45, 2.75) is 31.7 Å². The Morgan fingerprint density at radius 3 is 3.12 bits per heavy atom. The van der Waals surface area contributed by atoms with E-state index in [1.807, 2.05) is 18.2 Å². The van der Waals surface area contributed by atoms with Gasteiger partial charge in [-0.25, -0.2) is 4.79 Å². The van der Waals surface area contributed by atoms with Crippen molar-refractivity contribution in [1.82, 2.24) is 15.6 Å². The molecule has 0 radical (unpaired) electrons. The number of para-hydroxylation sites is 1. The van der Waals surface area contributed by atoms with Crippen molar-refractivity contribution in [1.29, 1.82) is 0 Å². The maximum Gasteiger partial charge on any atom is 0.315 e. The Bertz CT molecular complexity index is 882. The van der Waals surface area contributed by atoms with Crippen LogP contribution in [0.3, 0.4) is 0 Å². The minimum atomic E-state index is -0.132. The Kier molecular flexibility index (Phi) is 4.37. The lowest BCUT2D eigenvalue weighted by molar-refractivity contribution is 0.235. The first kappa shape index (κ1) is 15.7. The van der Waals surface area contributed by atoms with Crippen LogP contribution in [0.2, 0.25) is 0 Å². The van der Waals surface area contributed by atoms with E-state index in [-0.39, 0.29) is 12.1 Å². The van der Waals surface area contributed by atoms with Crippen molar-refractivity contribution in [2.24, 2.45) is 0 Å². The minimum Gasteiger partial charge on any atom is -0.469 e. The molecule has 0 fully saturated rings. The molecule has 25 heavy (non-hydrogen) atoms. The molecule has 2 N–H and O–H groups in total. The van der Waals surface area contributed by atoms with Gasteiger partial charge in [0.15, 0.2) is 0 Å². The summed E-state index contributed by atoms with van der Waals surface area (Å²) < 4.78 is 5.47. The number of hydrogen-bond donors (Lipinski definition) is 2. The zero-order valence-electron chi connectivity index (χ0n) is 14.0. The van der Waals surface area contributed by atoms with Gasteiger partial charge in [0, 0.05) is 30.1 Å². The third-order valence-corrected chi connectivity index (χ3v) is 4.75. The van der Waals surface area contributed by atoms with Crippen LogP contribution >= 0.6 is 0 Å². The van der Waals surface area contributed by atoms with E-state index in [4.69, 9.17) is 4.42 Å². The molecule has 1 atom stereocenters. The van der Waals surface area contributed by atoms with Crippen LogP contribution in [0.15, 0.2) is 53.3 Å². The van der Waals surface area contributed by atoms with Crippen LogP contribution in [-0.2, 0) is 12.8 Å². The van der Waals surface area contributed by atoms with Crippen molar-refractivity contribution < 1.29 is 9.21 Å². The number of amides is 2. The van der Waals surface area contributed by atoms with Gasteiger partial charge in [-0.05, 0) is 37.0 Å². The Morgan fingerprint density at radius 1 is 1.24 bits per heavy atom. The van der Waals surface area contributed by atoms with Gasteiger partial charge in [0.1, 0.15) is 5.76 Å². The highest BCUT2D eigenvalue weighted by Crippen LogP contribution is 2.30. The number of fused-ring (bicyclic) bond motifs is 2. The number of hydrogen-bond acceptors (Lipinski definition) is 3. The highest BCUT2D eigenvalue weighted by Gasteiger charge is 2.23. The SMILES string of the molecule is O=C(NCCc1cccc2cccnc12)NC1CCCc2occc21. The standard InChI is InChI=1S/C20H21N3O2/c24-20(23-17-7-2-8-18-16(17)10-13-25-18)22-12-9-15-5-1-4-14-6-3-11-21-19(14)15/h1,3-6,10-11,13,17H,2,7-9,12H2,(H2,22,23,24). The monoisotopic (exact) mass is 335 g/mol. The number of aromatic nitrogens is 1. The molecule has 0 saturated heterocycles. The molecule has 2 aromatic heterocycles. The van der Waals surface area contributed by atoms with Crippen molar-refractivity contribution in [3.05, 3.63) is 65.7 Å². The molecule has 1 aromatic carbocycles. The van der Waals surface area contributed by atoms with Crippen molar-refractivity contribution >= 4 is 16.9 Å². The Balaban J connectivity index is 1.34. The molecule has 2 heterocycles. The zero-order valence-corrected chi connectivity index (χ0v) is 14.0. The first-order valence-electron chi connectivity index (χ1n) is 8.74. The van der Waals surface area contributed by atoms with Crippen LogP contribution in [0.1, 0.15) is 35.8 Å². The summed E-state index contributed by atoms with van der Waals surface area (Å²) in [7, 11) is 0. The predicted octanol–water partition coefficient (Wildman–Crippen LogP) is 3.75. The second kappa shape index (κ2) is 6.97. The van der Waals surface area contributed by atoms with Gasteiger partial charge >= 0.3 is 6.03 Å². The summed E-state index contributed by atoms with van der Waals surface area (Å²) in [5.41, 5.74) is 3.26. The number of nitrogens with one attached hydrogen (secondary N) is 2. The molecule has 0 aliphatic heterocycles. The molecular weight excluding hydrogens is 314 g/mol. The number of aryl methyl sites for hydroxylation is 1. The lowest BCUT2D eigenvalue weighted by atomic mass is 9.93. The van der Waals surface area contributed by atoms with Gasteiger partial charge in [0.25, 0.3) is 0 Å². The number of rotatable bonds is 4. The van der Waals surface area contributed by atoms with Gasteiger partial charge < -0.3 is 15.1 Å². The number of urea groups is 1. The summed E-state index contributed by atoms with van der Waals surface area (Å²) in [4.78, 5) is 16.7. The highest BCUT2D eigenvalue weighted by molar-refractivity contribution is 5.81. The van der Waals surface area contributed by atoms with Crippen LogP contribution in [0.4, 0.5) is 4.79 Å². The van der Waals surface area contributed by atoms with E-state index in [9.17, 15) is 4.79 Å². The summed E-state index contributed by atoms with van der Waals surface area (Å²) in [6.45, 7) is 0.576. The molecule has 5 nitrogen and oxygen atoms in total. The predicted molar refractivity (Wildman–Crippen MR) is 96.4 cm³/mol. The maximum atomic E-state index is 12.2. The lowest BCUT2D eigenvalue weighted by Crippen LogP contribution is -2.39. The van der Waals surface area contributed by atoms with Gasteiger partial charge in [0.2, 0.25) is 0 Å². The number of nitrogens with zero attached hydrogens (tertiary/aromatic N) is 1. The number of furan rings is 1. The van der Waals surface area contributed by atoms with Crippen molar-refractivity contribution in [3.8, 4) is 0 Å². The average Bonchev–Trinajstić information content (AvgIpc) is 3.12. The fourth-order valence-corrected chi connectivity index (χ4v) is 3.53. The molecule has 1 aliphatic carbocycles. The van der Waals surface area contributed by atoms with E-state index < -0.39 is 0 Å². The average molecular weight is 335 g/mol. The van der Waals surface area contributed by atoms with Gasteiger partial charge in [-0.3, -0.25) is 4.98 Å². The van der Waals surface area contributed by atoms with E-state index in [0.717, 1.165) is 53.5 Å². The number of carbonyl (C=O) groups is 1. The summed E-state index contributed by atoms with van der Waals surface area (Å²) in [6, 6.07) is 12.0. The van der Waals surface area contributed by atoms with E-state index >= 15 is 0 Å². The fourth-order valence-electron chi connectivity index (χ4n) is 3.53. The summed E-state index contributed by atoms with van der Waals surface area (Å²) in [5.74, 6) is 0.998. The smallest absolute Gasteiger partial charge is 0.315 e. The van der Waals surface area contributed by atoms with Crippen molar-refractivity contribution in [3.63, 3.8) is 0 Å². The Hall–Kier alpha value is -2.82. The summed E-state index contributed by atoms with van der Waals surface area (Å²) in [6.07, 6.45) is 7.20. The molecule has 0 spiro atoms. The van der Waals surface area contributed by atoms with E-state index in [0.29, 0.717) is 6.54 Å². The van der Waals surface area contributed by atoms with Crippen molar-refractivity contribution in [2.75, 3.05) is 6.54 Å². The molecule has 1 unspecified atom stereocenters. The summed E-state index contributed by atoms with van der Waals surface area (Å²) >= 11 is 0. The maximum absolute atomic E-state index is 12.2. The second-order valence-electron chi connectivity index (χ2n) is 6.39. The molecule has 3 aromatic rings. The molecule has 1 aliphatic rings. The topological polar surface area (TPSA) is 67.2 Å². The molecular formula is C20H21N3O2. The van der Waals surface area contributed by atoms with Crippen LogP contribution in [0, 0.1) is 0 Å². The van der Waals surface area contributed by atoms with Crippen LogP contribution in [0.5, 0.6) is 0 Å². The molecule has 0 saturated carbocycles. The zero-order chi connectivity index (χ0) is 17.1. The molecule has 5 heteroatoms. The van der Waals surface area contributed by atoms with Crippen LogP contribution < -0.4 is 10.6 Å². The number of benzene rings is 1. The van der Waals surface area contributed by atoms with Crippen LogP contribution in [-0.4, -0.2) is 17.6 Å². The lowest BCUT2D eigenvalue weighted by Gasteiger charge is -2.22. The van der Waals surface area contributed by atoms with Gasteiger partial charge in [-0.15, -0.1) is 0 Å². The summed E-state index contributed by atoms with van der Waals surface area (Å²) in [5, 5.41) is 7.14. The third-order valence-electron chi connectivity index (χ3n) is 4.75. The number of carbonyl (C=O) groups excluding carboxylic acids is 1. The minimum absolute atomic E-state index is 0.0433. The fraction of sp³-hybridized carbons (Fsp3) is 0.300.